The van der Waals surface area contributed by atoms with E-state index in [1.165, 1.54) is 16.7 Å². The van der Waals surface area contributed by atoms with E-state index in [9.17, 15) is 0 Å². The Bertz CT molecular complexity index is 681. The van der Waals surface area contributed by atoms with Gasteiger partial charge in [-0.1, -0.05) is 30.3 Å². The lowest BCUT2D eigenvalue weighted by Gasteiger charge is -2.19. The van der Waals surface area contributed by atoms with E-state index in [0.717, 1.165) is 24.5 Å². The van der Waals surface area contributed by atoms with Crippen LogP contribution in [0.2, 0.25) is 0 Å². The lowest BCUT2D eigenvalue weighted by Crippen LogP contribution is -2.08. The predicted molar refractivity (Wildman–Crippen MR) is 84.6 cm³/mol. The Labute approximate surface area is 130 Å². The van der Waals surface area contributed by atoms with Gasteiger partial charge in [-0.3, -0.25) is 0 Å². The standard InChI is InChI=1S/C19H20O3/c1-20-16-10-14-15(11-17(16)21-2)19-13(8-9-22-19)18(14)12-6-4-3-5-7-12/h3-7,10-11,13,18-19H,8-9H2,1-2H3/t13-,18-,19-/m0/s1. The molecular weight excluding hydrogens is 276 g/mol. The van der Waals surface area contributed by atoms with Crippen LogP contribution in [0.5, 0.6) is 11.5 Å². The van der Waals surface area contributed by atoms with E-state index in [-0.39, 0.29) is 6.10 Å². The second-order valence-electron chi connectivity index (χ2n) is 5.97. The van der Waals surface area contributed by atoms with Crippen molar-refractivity contribution in [2.24, 2.45) is 5.92 Å². The molecule has 1 aliphatic carbocycles. The molecule has 1 heterocycles. The van der Waals surface area contributed by atoms with Crippen molar-refractivity contribution in [1.29, 1.82) is 0 Å². The Hall–Kier alpha value is -2.00. The fraction of sp³-hybridized carbons (Fsp3) is 0.368. The first kappa shape index (κ1) is 13.6. The quantitative estimate of drug-likeness (QED) is 0.859. The molecule has 0 amide bonds. The fourth-order valence-electron chi connectivity index (χ4n) is 4.01. The number of methoxy groups -OCH3 is 2. The number of hydrogen-bond donors (Lipinski definition) is 0. The van der Waals surface area contributed by atoms with Crippen LogP contribution in [0.1, 0.15) is 35.1 Å². The summed E-state index contributed by atoms with van der Waals surface area (Å²) in [5.41, 5.74) is 3.93. The highest BCUT2D eigenvalue weighted by Gasteiger charge is 2.45. The zero-order valence-corrected chi connectivity index (χ0v) is 12.9. The zero-order chi connectivity index (χ0) is 15.1. The van der Waals surface area contributed by atoms with Crippen molar-refractivity contribution in [3.63, 3.8) is 0 Å². The van der Waals surface area contributed by atoms with E-state index < -0.39 is 0 Å². The van der Waals surface area contributed by atoms with Crippen LogP contribution in [0.15, 0.2) is 42.5 Å². The summed E-state index contributed by atoms with van der Waals surface area (Å²) in [5, 5.41) is 0. The van der Waals surface area contributed by atoms with Crippen LogP contribution in [-0.2, 0) is 4.74 Å². The molecule has 1 saturated heterocycles. The molecule has 4 rings (SSSR count). The molecule has 1 aliphatic heterocycles. The van der Waals surface area contributed by atoms with Gasteiger partial charge in [-0.05, 0) is 35.2 Å². The Morgan fingerprint density at radius 1 is 0.955 bits per heavy atom. The summed E-state index contributed by atoms with van der Waals surface area (Å²) in [6.07, 6.45) is 1.28. The van der Waals surface area contributed by atoms with Crippen molar-refractivity contribution in [2.45, 2.75) is 18.4 Å². The Morgan fingerprint density at radius 2 is 1.64 bits per heavy atom. The van der Waals surface area contributed by atoms with Gasteiger partial charge >= 0.3 is 0 Å². The molecular formula is C19H20O3. The molecule has 1 fully saturated rings. The SMILES string of the molecule is COc1cc2c(cc1OC)[C@H]1OCC[C@H]1[C@@H]2c1ccccc1. The fourth-order valence-corrected chi connectivity index (χ4v) is 4.01. The maximum absolute atomic E-state index is 6.03. The van der Waals surface area contributed by atoms with Gasteiger partial charge in [0, 0.05) is 18.4 Å². The third-order valence-corrected chi connectivity index (χ3v) is 4.96. The Kier molecular flexibility index (Phi) is 3.30. The van der Waals surface area contributed by atoms with Gasteiger partial charge in [0.25, 0.3) is 0 Å². The van der Waals surface area contributed by atoms with Crippen molar-refractivity contribution in [3.8, 4) is 11.5 Å². The van der Waals surface area contributed by atoms with E-state index in [2.05, 4.69) is 42.5 Å². The topological polar surface area (TPSA) is 27.7 Å². The highest BCUT2D eigenvalue weighted by molar-refractivity contribution is 5.55. The number of ether oxygens (including phenoxy) is 3. The molecule has 2 aromatic carbocycles. The minimum Gasteiger partial charge on any atom is -0.493 e. The first-order valence-corrected chi connectivity index (χ1v) is 7.76. The molecule has 0 spiro atoms. The summed E-state index contributed by atoms with van der Waals surface area (Å²) >= 11 is 0. The normalized spacial score (nSPS) is 25.6. The van der Waals surface area contributed by atoms with E-state index in [0.29, 0.717) is 11.8 Å². The van der Waals surface area contributed by atoms with Crippen LogP contribution >= 0.6 is 0 Å². The van der Waals surface area contributed by atoms with Gasteiger partial charge in [0.05, 0.1) is 20.3 Å². The summed E-state index contributed by atoms with van der Waals surface area (Å²) in [4.78, 5) is 0. The second-order valence-corrected chi connectivity index (χ2v) is 5.97. The van der Waals surface area contributed by atoms with Crippen molar-refractivity contribution in [2.75, 3.05) is 20.8 Å². The molecule has 0 N–H and O–H groups in total. The van der Waals surface area contributed by atoms with E-state index in [1.54, 1.807) is 14.2 Å². The van der Waals surface area contributed by atoms with Crippen LogP contribution in [0.4, 0.5) is 0 Å². The van der Waals surface area contributed by atoms with Gasteiger partial charge in [0.15, 0.2) is 11.5 Å². The molecule has 2 aliphatic rings. The molecule has 3 nitrogen and oxygen atoms in total. The van der Waals surface area contributed by atoms with E-state index in [1.807, 2.05) is 0 Å². The summed E-state index contributed by atoms with van der Waals surface area (Å²) in [5.74, 6) is 2.46. The Morgan fingerprint density at radius 3 is 2.32 bits per heavy atom. The van der Waals surface area contributed by atoms with Crippen molar-refractivity contribution in [1.82, 2.24) is 0 Å². The lowest BCUT2D eigenvalue weighted by molar-refractivity contribution is 0.0967. The molecule has 22 heavy (non-hydrogen) atoms. The van der Waals surface area contributed by atoms with Gasteiger partial charge < -0.3 is 14.2 Å². The number of benzene rings is 2. The molecule has 3 heteroatoms. The molecule has 114 valence electrons. The van der Waals surface area contributed by atoms with Gasteiger partial charge in [-0.15, -0.1) is 0 Å². The Balaban J connectivity index is 1.88. The summed E-state index contributed by atoms with van der Waals surface area (Å²) in [7, 11) is 3.37. The zero-order valence-electron chi connectivity index (χ0n) is 12.9. The largest absolute Gasteiger partial charge is 0.493 e. The molecule has 0 saturated carbocycles. The summed E-state index contributed by atoms with van der Waals surface area (Å²) < 4.78 is 17.0. The van der Waals surface area contributed by atoms with Gasteiger partial charge in [0.1, 0.15) is 0 Å². The number of rotatable bonds is 3. The summed E-state index contributed by atoms with van der Waals surface area (Å²) in [6.45, 7) is 0.840. The van der Waals surface area contributed by atoms with Crippen LogP contribution in [0.25, 0.3) is 0 Å². The first-order chi connectivity index (χ1) is 10.8. The average molecular weight is 296 g/mol. The maximum atomic E-state index is 6.03. The van der Waals surface area contributed by atoms with Crippen molar-refractivity contribution < 1.29 is 14.2 Å². The van der Waals surface area contributed by atoms with Gasteiger partial charge in [-0.25, -0.2) is 0 Å². The highest BCUT2D eigenvalue weighted by Crippen LogP contribution is 2.56. The third kappa shape index (κ3) is 1.92. The van der Waals surface area contributed by atoms with Crippen molar-refractivity contribution in [3.05, 3.63) is 59.2 Å². The van der Waals surface area contributed by atoms with Crippen LogP contribution in [0.3, 0.4) is 0 Å². The molecule has 0 unspecified atom stereocenters. The maximum Gasteiger partial charge on any atom is 0.161 e. The average Bonchev–Trinajstić information content (AvgIpc) is 3.14. The predicted octanol–water partition coefficient (Wildman–Crippen LogP) is 3.93. The van der Waals surface area contributed by atoms with Crippen molar-refractivity contribution >= 4 is 0 Å². The molecule has 0 aromatic heterocycles. The van der Waals surface area contributed by atoms with E-state index >= 15 is 0 Å². The van der Waals surface area contributed by atoms with Gasteiger partial charge in [0.2, 0.25) is 0 Å². The van der Waals surface area contributed by atoms with Crippen LogP contribution in [0, 0.1) is 5.92 Å². The highest BCUT2D eigenvalue weighted by atomic mass is 16.5. The smallest absolute Gasteiger partial charge is 0.161 e. The molecule has 0 radical (unpaired) electrons. The molecule has 0 bridgehead atoms. The number of fused-ring (bicyclic) bond motifs is 3. The summed E-state index contributed by atoms with van der Waals surface area (Å²) in [6, 6.07) is 14.9. The van der Waals surface area contributed by atoms with Crippen LogP contribution in [-0.4, -0.2) is 20.8 Å². The second kappa shape index (κ2) is 5.33. The lowest BCUT2D eigenvalue weighted by atomic mass is 9.84. The monoisotopic (exact) mass is 296 g/mol. The number of hydrogen-bond acceptors (Lipinski definition) is 3. The van der Waals surface area contributed by atoms with Crippen LogP contribution < -0.4 is 9.47 Å². The van der Waals surface area contributed by atoms with Gasteiger partial charge in [-0.2, -0.15) is 0 Å². The first-order valence-electron chi connectivity index (χ1n) is 7.76. The van der Waals surface area contributed by atoms with E-state index in [4.69, 9.17) is 14.2 Å². The molecule has 2 aromatic rings. The molecule has 3 atom stereocenters. The minimum absolute atomic E-state index is 0.181. The minimum atomic E-state index is 0.181. The third-order valence-electron chi connectivity index (χ3n) is 4.96.